The molecule has 1 fully saturated rings. The van der Waals surface area contributed by atoms with Gasteiger partial charge in [0, 0.05) is 18.0 Å². The second-order valence-corrected chi connectivity index (χ2v) is 7.54. The summed E-state index contributed by atoms with van der Waals surface area (Å²) in [6, 6.07) is 9.49. The largest absolute Gasteiger partial charge is 0.496 e. The minimum atomic E-state index is -0.0556. The number of rotatable bonds is 5. The summed E-state index contributed by atoms with van der Waals surface area (Å²) in [6.45, 7) is 5.19. The van der Waals surface area contributed by atoms with E-state index in [4.69, 9.17) is 4.74 Å². The Hall–Kier alpha value is -2.34. The Morgan fingerprint density at radius 3 is 2.85 bits per heavy atom. The van der Waals surface area contributed by atoms with Crippen LogP contribution in [0.5, 0.6) is 5.75 Å². The molecule has 0 aliphatic carbocycles. The molecule has 0 spiro atoms. The Balaban J connectivity index is 1.86. The summed E-state index contributed by atoms with van der Waals surface area (Å²) in [5.74, 6) is 0.529. The third kappa shape index (κ3) is 3.60. The minimum absolute atomic E-state index is 0.0130. The summed E-state index contributed by atoms with van der Waals surface area (Å²) >= 11 is 1.47. The molecule has 0 saturated carbocycles. The van der Waals surface area contributed by atoms with E-state index in [1.807, 2.05) is 49.1 Å². The molecule has 1 unspecified atom stereocenters. The first-order valence-corrected chi connectivity index (χ1v) is 9.70. The first-order chi connectivity index (χ1) is 12.5. The van der Waals surface area contributed by atoms with Crippen LogP contribution in [0.15, 0.2) is 30.3 Å². The number of nitrogens with one attached hydrogen (secondary N) is 1. The lowest BCUT2D eigenvalue weighted by molar-refractivity contribution is 0.0734. The highest BCUT2D eigenvalue weighted by Gasteiger charge is 2.33. The fourth-order valence-corrected chi connectivity index (χ4v) is 4.42. The molecule has 3 rings (SSSR count). The van der Waals surface area contributed by atoms with Crippen LogP contribution in [-0.2, 0) is 0 Å². The van der Waals surface area contributed by atoms with Crippen LogP contribution in [0.25, 0.3) is 0 Å². The number of ether oxygens (including phenoxy) is 1. The molecule has 1 aromatic carbocycles. The molecule has 6 heteroatoms. The molecular weight excluding hydrogens is 348 g/mol. The first-order valence-electron chi connectivity index (χ1n) is 8.88. The lowest BCUT2D eigenvalue weighted by atomic mass is 10.1. The van der Waals surface area contributed by atoms with Crippen LogP contribution in [0.2, 0.25) is 0 Å². The SMILES string of the molecule is CCNC(=O)c1ccc(C2CCCN2C(=O)c2cc(C)ccc2OC)s1. The van der Waals surface area contributed by atoms with Crippen molar-refractivity contribution in [2.45, 2.75) is 32.7 Å². The molecule has 26 heavy (non-hydrogen) atoms. The van der Waals surface area contributed by atoms with E-state index in [-0.39, 0.29) is 17.9 Å². The Bertz CT molecular complexity index is 815. The van der Waals surface area contributed by atoms with Crippen LogP contribution in [0.1, 0.15) is 56.3 Å². The average Bonchev–Trinajstić information content (AvgIpc) is 3.30. The molecule has 1 aliphatic rings. The second-order valence-electron chi connectivity index (χ2n) is 6.42. The molecule has 2 aromatic rings. The van der Waals surface area contributed by atoms with Crippen molar-refractivity contribution >= 4 is 23.2 Å². The van der Waals surface area contributed by atoms with Gasteiger partial charge < -0.3 is 15.0 Å². The van der Waals surface area contributed by atoms with Crippen molar-refractivity contribution in [2.24, 2.45) is 0 Å². The highest BCUT2D eigenvalue weighted by atomic mass is 32.1. The van der Waals surface area contributed by atoms with Crippen molar-refractivity contribution in [3.63, 3.8) is 0 Å². The van der Waals surface area contributed by atoms with Crippen molar-refractivity contribution in [3.8, 4) is 5.75 Å². The summed E-state index contributed by atoms with van der Waals surface area (Å²) in [5, 5.41) is 2.82. The monoisotopic (exact) mass is 372 g/mol. The maximum absolute atomic E-state index is 13.2. The number of carbonyl (C=O) groups excluding carboxylic acids is 2. The maximum Gasteiger partial charge on any atom is 0.261 e. The molecule has 1 aromatic heterocycles. The normalized spacial score (nSPS) is 16.6. The predicted molar refractivity (Wildman–Crippen MR) is 103 cm³/mol. The van der Waals surface area contributed by atoms with E-state index in [0.29, 0.717) is 22.7 Å². The van der Waals surface area contributed by atoms with Crippen LogP contribution in [0, 0.1) is 6.92 Å². The summed E-state index contributed by atoms with van der Waals surface area (Å²) < 4.78 is 5.39. The molecule has 0 radical (unpaired) electrons. The Morgan fingerprint density at radius 1 is 1.31 bits per heavy atom. The van der Waals surface area contributed by atoms with E-state index in [0.717, 1.165) is 29.8 Å². The van der Waals surface area contributed by atoms with E-state index in [1.165, 1.54) is 11.3 Å². The molecule has 138 valence electrons. The van der Waals surface area contributed by atoms with E-state index in [2.05, 4.69) is 5.32 Å². The van der Waals surface area contributed by atoms with Crippen LogP contribution >= 0.6 is 11.3 Å². The lowest BCUT2D eigenvalue weighted by Crippen LogP contribution is -2.30. The molecule has 0 bridgehead atoms. The smallest absolute Gasteiger partial charge is 0.261 e. The van der Waals surface area contributed by atoms with Crippen molar-refractivity contribution < 1.29 is 14.3 Å². The first kappa shape index (κ1) is 18.5. The molecule has 1 aliphatic heterocycles. The number of nitrogens with zero attached hydrogens (tertiary/aromatic N) is 1. The van der Waals surface area contributed by atoms with Gasteiger partial charge in [0.25, 0.3) is 11.8 Å². The number of benzene rings is 1. The van der Waals surface area contributed by atoms with Gasteiger partial charge in [-0.2, -0.15) is 0 Å². The molecule has 1 N–H and O–H groups in total. The summed E-state index contributed by atoms with van der Waals surface area (Å²) in [5.41, 5.74) is 1.62. The zero-order valence-electron chi connectivity index (χ0n) is 15.4. The van der Waals surface area contributed by atoms with Crippen molar-refractivity contribution in [1.29, 1.82) is 0 Å². The molecule has 1 atom stereocenters. The van der Waals surface area contributed by atoms with Gasteiger partial charge >= 0.3 is 0 Å². The summed E-state index contributed by atoms with van der Waals surface area (Å²) in [7, 11) is 1.58. The number of hydrogen-bond acceptors (Lipinski definition) is 4. The molecule has 2 heterocycles. The van der Waals surface area contributed by atoms with Gasteiger partial charge in [-0.15, -0.1) is 11.3 Å². The topological polar surface area (TPSA) is 58.6 Å². The van der Waals surface area contributed by atoms with E-state index in [9.17, 15) is 9.59 Å². The highest BCUT2D eigenvalue weighted by molar-refractivity contribution is 7.14. The third-order valence-electron chi connectivity index (χ3n) is 4.62. The number of thiophene rings is 1. The van der Waals surface area contributed by atoms with Crippen molar-refractivity contribution in [1.82, 2.24) is 10.2 Å². The van der Waals surface area contributed by atoms with Crippen LogP contribution in [0.3, 0.4) is 0 Å². The molecule has 5 nitrogen and oxygen atoms in total. The quantitative estimate of drug-likeness (QED) is 0.869. The third-order valence-corrected chi connectivity index (χ3v) is 5.80. The van der Waals surface area contributed by atoms with Crippen LogP contribution < -0.4 is 10.1 Å². The van der Waals surface area contributed by atoms with Crippen LogP contribution in [-0.4, -0.2) is 36.9 Å². The number of aryl methyl sites for hydroxylation is 1. The van der Waals surface area contributed by atoms with Gasteiger partial charge in [0.05, 0.1) is 23.6 Å². The Labute approximate surface area is 158 Å². The van der Waals surface area contributed by atoms with Gasteiger partial charge in [0.15, 0.2) is 0 Å². The number of amides is 2. The zero-order valence-corrected chi connectivity index (χ0v) is 16.2. The Kier molecular flexibility index (Phi) is 5.61. The lowest BCUT2D eigenvalue weighted by Gasteiger charge is -2.25. The van der Waals surface area contributed by atoms with Gasteiger partial charge in [-0.25, -0.2) is 0 Å². The fraction of sp³-hybridized carbons (Fsp3) is 0.400. The van der Waals surface area contributed by atoms with E-state index in [1.54, 1.807) is 7.11 Å². The zero-order chi connectivity index (χ0) is 18.7. The van der Waals surface area contributed by atoms with Gasteiger partial charge in [-0.1, -0.05) is 11.6 Å². The van der Waals surface area contributed by atoms with Gasteiger partial charge in [0.2, 0.25) is 0 Å². The number of methoxy groups -OCH3 is 1. The van der Waals surface area contributed by atoms with Crippen molar-refractivity contribution in [3.05, 3.63) is 51.2 Å². The number of likely N-dealkylation sites (tertiary alicyclic amines) is 1. The van der Waals surface area contributed by atoms with E-state index >= 15 is 0 Å². The van der Waals surface area contributed by atoms with Gasteiger partial charge in [0.1, 0.15) is 5.75 Å². The second kappa shape index (κ2) is 7.91. The maximum atomic E-state index is 13.2. The minimum Gasteiger partial charge on any atom is -0.496 e. The van der Waals surface area contributed by atoms with Gasteiger partial charge in [-0.3, -0.25) is 9.59 Å². The standard InChI is InChI=1S/C20H24N2O3S/c1-4-21-19(23)18-10-9-17(26-18)15-6-5-11-22(15)20(24)14-12-13(2)7-8-16(14)25-3/h7-10,12,15H,4-6,11H2,1-3H3,(H,21,23). The number of hydrogen-bond donors (Lipinski definition) is 1. The molecule has 1 saturated heterocycles. The molecule has 2 amide bonds. The predicted octanol–water partition coefficient (Wildman–Crippen LogP) is 3.79. The van der Waals surface area contributed by atoms with Crippen molar-refractivity contribution in [2.75, 3.05) is 20.2 Å². The Morgan fingerprint density at radius 2 is 2.12 bits per heavy atom. The summed E-state index contributed by atoms with van der Waals surface area (Å²) in [6.07, 6.45) is 1.87. The van der Waals surface area contributed by atoms with Crippen LogP contribution in [0.4, 0.5) is 0 Å². The highest BCUT2D eigenvalue weighted by Crippen LogP contribution is 2.37. The van der Waals surface area contributed by atoms with E-state index < -0.39 is 0 Å². The average molecular weight is 372 g/mol. The summed E-state index contributed by atoms with van der Waals surface area (Å²) in [4.78, 5) is 28.9. The fourth-order valence-electron chi connectivity index (χ4n) is 3.35. The number of carbonyl (C=O) groups is 2. The molecular formula is C20H24N2O3S. The van der Waals surface area contributed by atoms with Gasteiger partial charge in [-0.05, 0) is 51.0 Å².